The number of fused-ring (bicyclic) bond motifs is 1. The summed E-state index contributed by atoms with van der Waals surface area (Å²) in [7, 11) is 0. The van der Waals surface area contributed by atoms with Crippen molar-refractivity contribution < 1.29 is 18.8 Å². The summed E-state index contributed by atoms with van der Waals surface area (Å²) in [4.78, 5) is 45.1. The molecule has 1 aliphatic rings. The number of carbonyl (C=O) groups is 3. The molecule has 0 spiro atoms. The number of anilines is 2. The molecule has 32 heavy (non-hydrogen) atoms. The number of imide groups is 1. The predicted molar refractivity (Wildman–Crippen MR) is 122 cm³/mol. The zero-order valence-electron chi connectivity index (χ0n) is 16.7. The molecule has 4 aromatic rings. The lowest BCUT2D eigenvalue weighted by Crippen LogP contribution is -2.31. The number of carbonyl (C=O) groups excluding carboxylic acids is 3. The standard InChI is InChI=1S/C23H16ClN3O4S/c24-17-7-2-8-18-21(17)25-23(32-18)26(13-16-6-3-11-31-16)22(30)14-4-1-5-15(12-14)27-19(28)9-10-20(27)29/h1-8,11-12H,9-10,13H2. The largest absolute Gasteiger partial charge is 0.467 e. The molecular weight excluding hydrogens is 450 g/mol. The van der Waals surface area contributed by atoms with E-state index in [9.17, 15) is 14.4 Å². The second-order valence-corrected chi connectivity index (χ2v) is 8.64. The molecule has 5 rings (SSSR count). The van der Waals surface area contributed by atoms with E-state index in [1.165, 1.54) is 16.2 Å². The number of thiazole rings is 1. The highest BCUT2D eigenvalue weighted by Gasteiger charge is 2.31. The topological polar surface area (TPSA) is 83.7 Å². The van der Waals surface area contributed by atoms with E-state index in [0.717, 1.165) is 9.60 Å². The van der Waals surface area contributed by atoms with Gasteiger partial charge in [0.05, 0.1) is 28.2 Å². The van der Waals surface area contributed by atoms with Crippen LogP contribution < -0.4 is 9.80 Å². The molecule has 0 atom stereocenters. The molecule has 2 aromatic carbocycles. The molecule has 7 nitrogen and oxygen atoms in total. The van der Waals surface area contributed by atoms with Gasteiger partial charge in [-0.15, -0.1) is 0 Å². The fourth-order valence-electron chi connectivity index (χ4n) is 3.60. The van der Waals surface area contributed by atoms with Crippen molar-refractivity contribution in [3.63, 3.8) is 0 Å². The third kappa shape index (κ3) is 3.68. The van der Waals surface area contributed by atoms with Gasteiger partial charge in [-0.25, -0.2) is 4.98 Å². The summed E-state index contributed by atoms with van der Waals surface area (Å²) in [6.07, 6.45) is 1.89. The van der Waals surface area contributed by atoms with E-state index in [4.69, 9.17) is 16.0 Å². The Morgan fingerprint density at radius 3 is 2.59 bits per heavy atom. The highest BCUT2D eigenvalue weighted by Crippen LogP contribution is 2.34. The van der Waals surface area contributed by atoms with Crippen LogP contribution in [0.2, 0.25) is 5.02 Å². The maximum absolute atomic E-state index is 13.6. The van der Waals surface area contributed by atoms with Crippen LogP contribution in [0.15, 0.2) is 65.3 Å². The van der Waals surface area contributed by atoms with Gasteiger partial charge in [0.2, 0.25) is 11.8 Å². The Morgan fingerprint density at radius 2 is 1.88 bits per heavy atom. The van der Waals surface area contributed by atoms with Gasteiger partial charge < -0.3 is 4.42 Å². The first-order valence-electron chi connectivity index (χ1n) is 9.86. The first-order valence-corrected chi connectivity index (χ1v) is 11.1. The zero-order chi connectivity index (χ0) is 22.2. The molecule has 0 bridgehead atoms. The third-order valence-electron chi connectivity index (χ3n) is 5.13. The van der Waals surface area contributed by atoms with Gasteiger partial charge in [0.1, 0.15) is 11.3 Å². The summed E-state index contributed by atoms with van der Waals surface area (Å²) < 4.78 is 6.32. The minimum atomic E-state index is -0.336. The summed E-state index contributed by atoms with van der Waals surface area (Å²) in [6.45, 7) is 0.162. The van der Waals surface area contributed by atoms with E-state index in [1.807, 2.05) is 12.1 Å². The van der Waals surface area contributed by atoms with Gasteiger partial charge in [0.15, 0.2) is 5.13 Å². The first-order chi connectivity index (χ1) is 15.5. The number of rotatable bonds is 5. The second-order valence-electron chi connectivity index (χ2n) is 7.23. The Balaban J connectivity index is 1.55. The van der Waals surface area contributed by atoms with Gasteiger partial charge in [-0.05, 0) is 42.5 Å². The molecular formula is C23H16ClN3O4S. The molecule has 0 N–H and O–H groups in total. The van der Waals surface area contributed by atoms with Crippen molar-refractivity contribution in [3.8, 4) is 0 Å². The molecule has 2 aromatic heterocycles. The highest BCUT2D eigenvalue weighted by atomic mass is 35.5. The van der Waals surface area contributed by atoms with Crippen molar-refractivity contribution in [3.05, 3.63) is 77.2 Å². The normalized spacial score (nSPS) is 13.8. The monoisotopic (exact) mass is 465 g/mol. The minimum Gasteiger partial charge on any atom is -0.467 e. The number of aromatic nitrogens is 1. The van der Waals surface area contributed by atoms with Gasteiger partial charge in [-0.1, -0.05) is 35.1 Å². The Bertz CT molecular complexity index is 1330. The first kappa shape index (κ1) is 20.4. The van der Waals surface area contributed by atoms with Crippen molar-refractivity contribution in [2.24, 2.45) is 0 Å². The smallest absolute Gasteiger partial charge is 0.260 e. The molecule has 9 heteroatoms. The fourth-order valence-corrected chi connectivity index (χ4v) is 4.86. The molecule has 0 unspecified atom stereocenters. The van der Waals surface area contributed by atoms with Crippen LogP contribution in [0.25, 0.3) is 10.2 Å². The fraction of sp³-hybridized carbons (Fsp3) is 0.130. The molecule has 0 radical (unpaired) electrons. The van der Waals surface area contributed by atoms with Gasteiger partial charge in [0, 0.05) is 18.4 Å². The Labute approximate surface area is 191 Å². The summed E-state index contributed by atoms with van der Waals surface area (Å²) >= 11 is 7.63. The van der Waals surface area contributed by atoms with E-state index in [-0.39, 0.29) is 37.1 Å². The van der Waals surface area contributed by atoms with Crippen LogP contribution in [0.4, 0.5) is 10.8 Å². The summed E-state index contributed by atoms with van der Waals surface area (Å²) in [6, 6.07) is 15.5. The molecule has 1 aliphatic heterocycles. The van der Waals surface area contributed by atoms with Gasteiger partial charge in [-0.3, -0.25) is 24.2 Å². The maximum Gasteiger partial charge on any atom is 0.260 e. The quantitative estimate of drug-likeness (QED) is 0.385. The van der Waals surface area contributed by atoms with Gasteiger partial charge >= 0.3 is 0 Å². The Morgan fingerprint density at radius 1 is 1.09 bits per heavy atom. The zero-order valence-corrected chi connectivity index (χ0v) is 18.2. The average molecular weight is 466 g/mol. The molecule has 3 heterocycles. The Hall–Kier alpha value is -3.49. The number of para-hydroxylation sites is 1. The van der Waals surface area contributed by atoms with Crippen LogP contribution in [-0.2, 0) is 16.1 Å². The average Bonchev–Trinajstić information content (AvgIpc) is 3.52. The summed E-state index contributed by atoms with van der Waals surface area (Å²) in [5, 5.41) is 0.969. The van der Waals surface area contributed by atoms with Crippen molar-refractivity contribution in [2.45, 2.75) is 19.4 Å². The summed E-state index contributed by atoms with van der Waals surface area (Å²) in [5.74, 6) is -0.289. The van der Waals surface area contributed by atoms with Gasteiger partial charge in [-0.2, -0.15) is 0 Å². The molecule has 1 saturated heterocycles. The van der Waals surface area contributed by atoms with Crippen molar-refractivity contribution in [1.29, 1.82) is 0 Å². The lowest BCUT2D eigenvalue weighted by Gasteiger charge is -2.20. The molecule has 3 amide bonds. The number of hydrogen-bond acceptors (Lipinski definition) is 6. The lowest BCUT2D eigenvalue weighted by molar-refractivity contribution is -0.121. The third-order valence-corrected chi connectivity index (χ3v) is 6.48. The van der Waals surface area contributed by atoms with E-state index in [2.05, 4.69) is 4.98 Å². The number of benzene rings is 2. The molecule has 160 valence electrons. The van der Waals surface area contributed by atoms with Crippen molar-refractivity contribution in [2.75, 3.05) is 9.80 Å². The number of amides is 3. The SMILES string of the molecule is O=C(c1cccc(N2C(=O)CCC2=O)c1)N(Cc1ccco1)c1nc2c(Cl)cccc2s1. The second kappa shape index (κ2) is 8.22. The maximum atomic E-state index is 13.6. The lowest BCUT2D eigenvalue weighted by atomic mass is 10.1. The van der Waals surface area contributed by atoms with Crippen molar-refractivity contribution in [1.82, 2.24) is 4.98 Å². The number of furan rings is 1. The minimum absolute atomic E-state index is 0.162. The van der Waals surface area contributed by atoms with Gasteiger partial charge in [0.25, 0.3) is 5.91 Å². The molecule has 0 aliphatic carbocycles. The van der Waals surface area contributed by atoms with Crippen LogP contribution >= 0.6 is 22.9 Å². The Kier molecular flexibility index (Phi) is 5.24. The predicted octanol–water partition coefficient (Wildman–Crippen LogP) is 5.04. The van der Waals surface area contributed by atoms with Crippen LogP contribution in [0, 0.1) is 0 Å². The molecule has 1 fully saturated rings. The van der Waals surface area contributed by atoms with Crippen LogP contribution in [0.5, 0.6) is 0 Å². The van der Waals surface area contributed by atoms with Crippen LogP contribution in [-0.4, -0.2) is 22.7 Å². The summed E-state index contributed by atoms with van der Waals surface area (Å²) in [5.41, 5.74) is 1.33. The van der Waals surface area contributed by atoms with Crippen LogP contribution in [0.1, 0.15) is 29.0 Å². The number of hydrogen-bond donors (Lipinski definition) is 0. The van der Waals surface area contributed by atoms with E-state index in [1.54, 1.807) is 48.7 Å². The highest BCUT2D eigenvalue weighted by molar-refractivity contribution is 7.22. The van der Waals surface area contributed by atoms with Crippen molar-refractivity contribution >= 4 is 61.7 Å². The van der Waals surface area contributed by atoms with E-state index < -0.39 is 0 Å². The molecule has 0 saturated carbocycles. The van der Waals surface area contributed by atoms with Crippen LogP contribution in [0.3, 0.4) is 0 Å². The van der Waals surface area contributed by atoms with E-state index in [0.29, 0.717) is 32.7 Å². The van der Waals surface area contributed by atoms with E-state index >= 15 is 0 Å². The number of halogens is 1. The number of nitrogens with zero attached hydrogens (tertiary/aromatic N) is 3.